The first-order chi connectivity index (χ1) is 50.3. The molecule has 7 N–H and O–H groups in total. The van der Waals surface area contributed by atoms with Crippen molar-refractivity contribution in [2.45, 2.75) is 114 Å². The molecule has 0 saturated heterocycles. The van der Waals surface area contributed by atoms with Crippen LogP contribution >= 0.6 is 0 Å². The second-order valence-electron chi connectivity index (χ2n) is 24.7. The van der Waals surface area contributed by atoms with Gasteiger partial charge in [0.15, 0.2) is 40.6 Å². The highest BCUT2D eigenvalue weighted by molar-refractivity contribution is 7.90. The first-order valence-corrected chi connectivity index (χ1v) is 34.5. The molecule has 104 heavy (non-hydrogen) atoms. The van der Waals surface area contributed by atoms with E-state index in [9.17, 15) is 40.8 Å². The number of hydrogen-bond acceptors (Lipinski definition) is 20. The van der Waals surface area contributed by atoms with Crippen molar-refractivity contribution in [1.82, 2.24) is 70.1 Å². The van der Waals surface area contributed by atoms with E-state index in [-0.39, 0.29) is 113 Å². The topological polar surface area (TPSA) is 335 Å². The lowest BCUT2D eigenvalue weighted by Gasteiger charge is -2.30. The summed E-state index contributed by atoms with van der Waals surface area (Å²) >= 11 is 0. The van der Waals surface area contributed by atoms with Crippen molar-refractivity contribution in [2.24, 2.45) is 0 Å². The van der Waals surface area contributed by atoms with Crippen molar-refractivity contribution < 1.29 is 64.1 Å². The molecule has 26 nitrogen and oxygen atoms in total. The Balaban J connectivity index is 0.000000199. The molecule has 0 unspecified atom stereocenters. The molecule has 2 fully saturated rings. The van der Waals surface area contributed by atoms with Crippen molar-refractivity contribution in [2.75, 3.05) is 24.9 Å². The lowest BCUT2D eigenvalue weighted by atomic mass is 9.91. The van der Waals surface area contributed by atoms with Gasteiger partial charge in [-0.15, -0.1) is 0 Å². The van der Waals surface area contributed by atoms with Gasteiger partial charge in [0, 0.05) is 83.9 Å². The summed E-state index contributed by atoms with van der Waals surface area (Å²) in [6.45, 7) is 2.27. The lowest BCUT2D eigenvalue weighted by Crippen LogP contribution is -2.42. The highest BCUT2D eigenvalue weighted by Gasteiger charge is 2.30. The predicted molar refractivity (Wildman–Crippen MR) is 374 cm³/mol. The molecule has 8 heterocycles. The van der Waals surface area contributed by atoms with Crippen LogP contribution in [0.4, 0.5) is 38.8 Å². The number of H-pyrrole nitrogens is 1. The predicted octanol–water partition coefficient (Wildman–Crippen LogP) is 11.6. The van der Waals surface area contributed by atoms with Crippen LogP contribution in [0.5, 0.6) is 11.5 Å². The quantitative estimate of drug-likeness (QED) is 0.0310. The second-order valence-corrected chi connectivity index (χ2v) is 26.5. The molecule has 13 rings (SSSR count). The summed E-state index contributed by atoms with van der Waals surface area (Å²) in [5.74, 6) is -1.86. The van der Waals surface area contributed by atoms with E-state index >= 15 is 4.39 Å². The zero-order valence-corrected chi connectivity index (χ0v) is 57.1. The fourth-order valence-electron chi connectivity index (χ4n) is 12.0. The molecule has 4 amide bonds. The minimum atomic E-state index is -4.16. The number of nitrogens with one attached hydrogen (secondary N) is 7. The third kappa shape index (κ3) is 17.9. The Labute approximate surface area is 593 Å². The number of alkyl carbamates (subject to hydrolysis) is 2. The molecule has 4 atom stereocenters. The van der Waals surface area contributed by atoms with Crippen LogP contribution in [0.15, 0.2) is 164 Å². The number of anilines is 2. The largest absolute Gasteiger partial charge is 0.497 e. The number of rotatable bonds is 22. The van der Waals surface area contributed by atoms with Gasteiger partial charge in [-0.3, -0.25) is 19.6 Å². The van der Waals surface area contributed by atoms with E-state index in [0.717, 1.165) is 76.5 Å². The number of aromatic amines is 1. The smallest absolute Gasteiger partial charge is 0.407 e. The number of ether oxygens (including phenoxy) is 4. The maximum Gasteiger partial charge on any atom is 0.407 e. The standard InChI is InChI=1S/C40H38F2N8O6S.C33H32F2N8O4/c1-24-6-12-31(13-7-24)57(53,54)50-22-33(32-17-27(41)20-45-38(32)50)36-44-21-34(42)37(49-36)47-28-4-3-5-29(18-28)48-39(51)35-16-26(14-15-43-35)23-56-40(52)46-19-25-8-10-30(55-2)11-9-25;1-46-24-7-5-19(6-8-24)14-40-33(45)47-18-20-9-10-36-28(11-20)32(44)42-23-4-2-3-22(13-23)41-31-27(35)17-39-30(43-31)26-16-38-29-25(26)12-21(34)15-37-29/h6-17,20-22,28-29H,3-5,18-19,23H2,1-2H3,(H,46,52)(H,48,51)(H,44,47,49);5-12,15-17,22-23H,2-4,13-14,18H2,1H3,(H,37,38)(H,40,45)(H,42,44)(H,39,41,43)/t28-,29+;22-,23+/m00/s1. The summed E-state index contributed by atoms with van der Waals surface area (Å²) < 4.78 is 108. The van der Waals surface area contributed by atoms with Crippen LogP contribution in [0.25, 0.3) is 44.8 Å². The van der Waals surface area contributed by atoms with Gasteiger partial charge in [0.1, 0.15) is 53.4 Å². The molecule has 11 aromatic rings. The van der Waals surface area contributed by atoms with Gasteiger partial charge in [-0.05, 0) is 153 Å². The summed E-state index contributed by atoms with van der Waals surface area (Å²) in [6.07, 6.45) is 13.9. The molecule has 2 aliphatic rings. The van der Waals surface area contributed by atoms with Crippen LogP contribution in [-0.4, -0.2) is 120 Å². The summed E-state index contributed by atoms with van der Waals surface area (Å²) in [5.41, 5.74) is 5.20. The third-order valence-electron chi connectivity index (χ3n) is 17.4. The van der Waals surface area contributed by atoms with Crippen LogP contribution < -0.4 is 41.4 Å². The fourth-order valence-corrected chi connectivity index (χ4v) is 13.3. The Kier molecular flexibility index (Phi) is 22.5. The molecule has 0 radical (unpaired) electrons. The first-order valence-electron chi connectivity index (χ1n) is 33.1. The molecule has 8 aromatic heterocycles. The number of nitrogens with zero attached hydrogens (tertiary/aromatic N) is 9. The van der Waals surface area contributed by atoms with Crippen LogP contribution in [0.3, 0.4) is 0 Å². The van der Waals surface area contributed by atoms with Crippen molar-refractivity contribution in [1.29, 1.82) is 0 Å². The second kappa shape index (κ2) is 32.7. The number of fused-ring (bicyclic) bond motifs is 2. The number of carbonyl (C=O) groups excluding carboxylic acids is 4. The number of aromatic nitrogens is 10. The summed E-state index contributed by atoms with van der Waals surface area (Å²) in [6, 6.07) is 28.8. The van der Waals surface area contributed by atoms with E-state index in [1.165, 1.54) is 36.8 Å². The highest BCUT2D eigenvalue weighted by atomic mass is 32.2. The van der Waals surface area contributed by atoms with E-state index in [0.29, 0.717) is 65.6 Å². The van der Waals surface area contributed by atoms with Gasteiger partial charge in [0.2, 0.25) is 0 Å². The van der Waals surface area contributed by atoms with Crippen LogP contribution in [0.1, 0.15) is 100 Å². The average Bonchev–Trinajstić information content (AvgIpc) is 1.59. The van der Waals surface area contributed by atoms with Gasteiger partial charge in [0.05, 0.1) is 43.9 Å². The Hall–Kier alpha value is -12.2. The van der Waals surface area contributed by atoms with Crippen molar-refractivity contribution in [3.05, 3.63) is 221 Å². The van der Waals surface area contributed by atoms with Gasteiger partial charge in [0.25, 0.3) is 21.8 Å². The zero-order chi connectivity index (χ0) is 72.9. The molecule has 0 aliphatic heterocycles. The van der Waals surface area contributed by atoms with Gasteiger partial charge < -0.3 is 55.8 Å². The molecule has 2 saturated carbocycles. The number of pyridine rings is 4. The third-order valence-corrected chi connectivity index (χ3v) is 19.0. The zero-order valence-electron chi connectivity index (χ0n) is 56.3. The summed E-state index contributed by atoms with van der Waals surface area (Å²) in [7, 11) is -1.00. The minimum absolute atomic E-state index is 0.00283. The number of aryl methyl sites for hydroxylation is 1. The van der Waals surface area contributed by atoms with Gasteiger partial charge >= 0.3 is 12.2 Å². The van der Waals surface area contributed by atoms with Crippen molar-refractivity contribution in [3.63, 3.8) is 0 Å². The van der Waals surface area contributed by atoms with Crippen LogP contribution in [0.2, 0.25) is 0 Å². The van der Waals surface area contributed by atoms with Gasteiger partial charge in [-0.2, -0.15) is 0 Å². The molecule has 0 spiro atoms. The molecular formula is C73H70F4N16O10S. The SMILES string of the molecule is COc1ccc(CNC(=O)OCc2ccnc(C(=O)N[C@@H]3CCC[C@H](Nc4nc(-c5c[nH]c6ncc(F)cc56)ncc4F)C3)c2)cc1.COc1ccc(CNC(=O)OCc2ccnc(C(=O)N[C@@H]3CCC[C@H](Nc4nc(-c5cn(S(=O)(=O)c6ccc(C)cc6)c6ncc(F)cc56)ncc4F)C3)c2)cc1. The molecule has 536 valence electrons. The number of benzene rings is 3. The monoisotopic (exact) mass is 1440 g/mol. The van der Waals surface area contributed by atoms with E-state index in [1.807, 2.05) is 31.2 Å². The molecule has 3 aromatic carbocycles. The number of methoxy groups -OCH3 is 2. The van der Waals surface area contributed by atoms with E-state index in [1.54, 1.807) is 81.1 Å². The summed E-state index contributed by atoms with van der Waals surface area (Å²) in [5, 5.41) is 18.3. The molecular weight excluding hydrogens is 1370 g/mol. The Morgan fingerprint density at radius 3 is 1.54 bits per heavy atom. The normalized spacial score (nSPS) is 15.7. The minimum Gasteiger partial charge on any atom is -0.497 e. The molecule has 31 heteroatoms. The van der Waals surface area contributed by atoms with E-state index < -0.39 is 51.4 Å². The van der Waals surface area contributed by atoms with Gasteiger partial charge in [-0.1, -0.05) is 42.0 Å². The number of amides is 4. The first kappa shape index (κ1) is 71.7. The maximum absolute atomic E-state index is 15.2. The number of halogens is 4. The highest BCUT2D eigenvalue weighted by Crippen LogP contribution is 2.34. The Bertz CT molecular complexity index is 5040. The van der Waals surface area contributed by atoms with Gasteiger partial charge in [-0.25, -0.2) is 69.4 Å². The molecule has 0 bridgehead atoms. The Morgan fingerprint density at radius 2 is 1.03 bits per heavy atom. The Morgan fingerprint density at radius 1 is 0.548 bits per heavy atom. The van der Waals surface area contributed by atoms with Crippen LogP contribution in [-0.2, 0) is 45.8 Å². The number of hydrogen-bond donors (Lipinski definition) is 7. The van der Waals surface area contributed by atoms with Crippen molar-refractivity contribution >= 4 is 67.7 Å². The van der Waals surface area contributed by atoms with E-state index in [2.05, 4.69) is 76.8 Å². The molecule has 2 aliphatic carbocycles. The maximum atomic E-state index is 15.2. The van der Waals surface area contributed by atoms with Crippen LogP contribution in [0, 0.1) is 30.2 Å². The number of carbonyl (C=O) groups is 4. The van der Waals surface area contributed by atoms with E-state index in [4.69, 9.17) is 18.9 Å². The summed E-state index contributed by atoms with van der Waals surface area (Å²) in [4.78, 5) is 87.3. The fraction of sp³-hybridized carbons (Fsp3) is 0.260. The average molecular weight is 1440 g/mol. The van der Waals surface area contributed by atoms with Crippen molar-refractivity contribution in [3.8, 4) is 34.3 Å². The lowest BCUT2D eigenvalue weighted by molar-refractivity contribution is 0.0912.